The summed E-state index contributed by atoms with van der Waals surface area (Å²) in [5, 5.41) is 9.31. The molecule has 0 spiro atoms. The van der Waals surface area contributed by atoms with Gasteiger partial charge in [0, 0.05) is 17.2 Å². The number of nitrogens with two attached hydrogens (primary N) is 2. The fourth-order valence-electron chi connectivity index (χ4n) is 2.42. The molecule has 0 saturated heterocycles. The molecule has 0 fully saturated rings. The lowest BCUT2D eigenvalue weighted by molar-refractivity contribution is 0.298. The van der Waals surface area contributed by atoms with Gasteiger partial charge in [-0.15, -0.1) is 0 Å². The van der Waals surface area contributed by atoms with Crippen molar-refractivity contribution in [3.63, 3.8) is 0 Å². The second kappa shape index (κ2) is 7.21. The molecule has 136 valence electrons. The van der Waals surface area contributed by atoms with Gasteiger partial charge in [-0.1, -0.05) is 0 Å². The number of hydrogen-bond donors (Lipinski definition) is 2. The van der Waals surface area contributed by atoms with Crippen LogP contribution in [0.3, 0.4) is 0 Å². The molecule has 3 rings (SSSR count). The summed E-state index contributed by atoms with van der Waals surface area (Å²) >= 11 is 0. The summed E-state index contributed by atoms with van der Waals surface area (Å²) in [6.45, 7) is -0.377. The van der Waals surface area contributed by atoms with E-state index in [1.807, 2.05) is 6.07 Å². The van der Waals surface area contributed by atoms with E-state index in [2.05, 4.69) is 9.97 Å². The third-order valence-electron chi connectivity index (χ3n) is 3.66. The van der Waals surface area contributed by atoms with E-state index < -0.39 is 17.5 Å². The molecular weight excluding hydrogens is 359 g/mol. The molecule has 0 saturated carbocycles. The van der Waals surface area contributed by atoms with Crippen LogP contribution in [0.15, 0.2) is 36.4 Å². The molecule has 1 aromatic heterocycles. The van der Waals surface area contributed by atoms with Crippen LogP contribution < -0.4 is 16.2 Å². The molecule has 9 heteroatoms. The van der Waals surface area contributed by atoms with E-state index in [0.717, 1.165) is 30.3 Å². The average molecular weight is 371 g/mol. The minimum Gasteiger partial charge on any atom is -0.488 e. The van der Waals surface area contributed by atoms with Crippen LogP contribution in [-0.4, -0.2) is 9.97 Å². The van der Waals surface area contributed by atoms with Crippen molar-refractivity contribution in [2.75, 3.05) is 11.5 Å². The quantitative estimate of drug-likeness (QED) is 0.729. The standard InChI is InChI=1S/C18H12F3N5O/c19-10-2-4-14(21)9(5-10)8-27-15-6-11(20)1-3-12(15)16-13(7-22)17(23)26-18(24)25-16/h1-6H,8H2,(H4,23,24,25,26). The van der Waals surface area contributed by atoms with Gasteiger partial charge in [-0.25, -0.2) is 18.2 Å². The van der Waals surface area contributed by atoms with E-state index in [0.29, 0.717) is 0 Å². The summed E-state index contributed by atoms with van der Waals surface area (Å²) < 4.78 is 46.3. The zero-order valence-corrected chi connectivity index (χ0v) is 13.7. The molecule has 27 heavy (non-hydrogen) atoms. The first-order valence-corrected chi connectivity index (χ1v) is 7.58. The number of nitrogens with zero attached hydrogens (tertiary/aromatic N) is 3. The van der Waals surface area contributed by atoms with Gasteiger partial charge < -0.3 is 16.2 Å². The molecule has 4 N–H and O–H groups in total. The Morgan fingerprint density at radius 2 is 1.70 bits per heavy atom. The van der Waals surface area contributed by atoms with E-state index in [1.165, 1.54) is 6.07 Å². The third kappa shape index (κ3) is 3.74. The maximum Gasteiger partial charge on any atom is 0.222 e. The summed E-state index contributed by atoms with van der Waals surface area (Å²) in [5.74, 6) is -2.34. The molecule has 0 aliphatic rings. The highest BCUT2D eigenvalue weighted by atomic mass is 19.1. The van der Waals surface area contributed by atoms with Crippen molar-refractivity contribution in [2.24, 2.45) is 0 Å². The molecule has 6 nitrogen and oxygen atoms in total. The van der Waals surface area contributed by atoms with E-state index in [-0.39, 0.29) is 46.5 Å². The van der Waals surface area contributed by atoms with Crippen molar-refractivity contribution in [1.29, 1.82) is 5.26 Å². The van der Waals surface area contributed by atoms with Gasteiger partial charge in [0.05, 0.1) is 5.69 Å². The first kappa shape index (κ1) is 18.0. The van der Waals surface area contributed by atoms with Crippen LogP contribution in [0.4, 0.5) is 24.9 Å². The van der Waals surface area contributed by atoms with E-state index >= 15 is 0 Å². The number of hydrogen-bond acceptors (Lipinski definition) is 6. The van der Waals surface area contributed by atoms with Crippen LogP contribution in [-0.2, 0) is 6.61 Å². The molecule has 0 unspecified atom stereocenters. The highest BCUT2D eigenvalue weighted by molar-refractivity contribution is 5.77. The monoisotopic (exact) mass is 371 g/mol. The van der Waals surface area contributed by atoms with Crippen molar-refractivity contribution in [3.05, 3.63) is 65.0 Å². The second-order valence-corrected chi connectivity index (χ2v) is 5.47. The lowest BCUT2D eigenvalue weighted by Crippen LogP contribution is -2.06. The Morgan fingerprint density at radius 1 is 1.00 bits per heavy atom. The summed E-state index contributed by atoms with van der Waals surface area (Å²) in [5.41, 5.74) is 11.4. The van der Waals surface area contributed by atoms with Crippen LogP contribution in [0, 0.1) is 28.8 Å². The molecule has 0 amide bonds. The van der Waals surface area contributed by atoms with Gasteiger partial charge >= 0.3 is 0 Å². The fourth-order valence-corrected chi connectivity index (χ4v) is 2.42. The van der Waals surface area contributed by atoms with Gasteiger partial charge in [0.15, 0.2) is 0 Å². The lowest BCUT2D eigenvalue weighted by atomic mass is 10.1. The van der Waals surface area contributed by atoms with Crippen LogP contribution in [0.5, 0.6) is 5.75 Å². The van der Waals surface area contributed by atoms with E-state index in [1.54, 1.807) is 0 Å². The van der Waals surface area contributed by atoms with Crippen molar-refractivity contribution in [2.45, 2.75) is 6.61 Å². The Morgan fingerprint density at radius 3 is 2.44 bits per heavy atom. The second-order valence-electron chi connectivity index (χ2n) is 5.47. The summed E-state index contributed by atoms with van der Waals surface area (Å²) in [6.07, 6.45) is 0. The number of nitriles is 1. The molecule has 0 atom stereocenters. The lowest BCUT2D eigenvalue weighted by Gasteiger charge is -2.13. The van der Waals surface area contributed by atoms with Crippen molar-refractivity contribution < 1.29 is 17.9 Å². The number of ether oxygens (including phenoxy) is 1. The first-order chi connectivity index (χ1) is 12.9. The van der Waals surface area contributed by atoms with Crippen molar-refractivity contribution >= 4 is 11.8 Å². The van der Waals surface area contributed by atoms with Crippen molar-refractivity contribution in [1.82, 2.24) is 9.97 Å². The average Bonchev–Trinajstić information content (AvgIpc) is 2.62. The van der Waals surface area contributed by atoms with E-state index in [4.69, 9.17) is 16.2 Å². The summed E-state index contributed by atoms with van der Waals surface area (Å²) in [7, 11) is 0. The van der Waals surface area contributed by atoms with Gasteiger partial charge in [0.2, 0.25) is 5.95 Å². The zero-order chi connectivity index (χ0) is 19.6. The Kier molecular flexibility index (Phi) is 4.81. The zero-order valence-electron chi connectivity index (χ0n) is 13.7. The smallest absolute Gasteiger partial charge is 0.222 e. The van der Waals surface area contributed by atoms with Crippen LogP contribution >= 0.6 is 0 Å². The Hall–Kier alpha value is -3.80. The minimum atomic E-state index is -0.678. The first-order valence-electron chi connectivity index (χ1n) is 7.58. The largest absolute Gasteiger partial charge is 0.488 e. The topological polar surface area (TPSA) is 111 Å². The molecular formula is C18H12F3N5O. The number of aromatic nitrogens is 2. The van der Waals surface area contributed by atoms with Gasteiger partial charge in [0.1, 0.15) is 47.3 Å². The molecule has 1 heterocycles. The van der Waals surface area contributed by atoms with Gasteiger partial charge in [0.25, 0.3) is 0 Å². The molecule has 0 aliphatic carbocycles. The molecule has 0 bridgehead atoms. The highest BCUT2D eigenvalue weighted by Crippen LogP contribution is 2.34. The van der Waals surface area contributed by atoms with E-state index in [9.17, 15) is 18.4 Å². The number of nitrogen functional groups attached to an aromatic ring is 2. The number of benzene rings is 2. The third-order valence-corrected chi connectivity index (χ3v) is 3.66. The predicted molar refractivity (Wildman–Crippen MR) is 91.7 cm³/mol. The Labute approximate surface area is 151 Å². The highest BCUT2D eigenvalue weighted by Gasteiger charge is 2.18. The van der Waals surface area contributed by atoms with Crippen LogP contribution in [0.2, 0.25) is 0 Å². The van der Waals surface area contributed by atoms with Crippen LogP contribution in [0.25, 0.3) is 11.3 Å². The maximum atomic E-state index is 13.8. The predicted octanol–water partition coefficient (Wildman–Crippen LogP) is 3.18. The molecule has 0 aliphatic heterocycles. The molecule has 0 radical (unpaired) electrons. The molecule has 3 aromatic rings. The summed E-state index contributed by atoms with van der Waals surface area (Å²) in [4.78, 5) is 7.69. The fraction of sp³-hybridized carbons (Fsp3) is 0.0556. The Balaban J connectivity index is 2.05. The SMILES string of the molecule is N#Cc1c(N)nc(N)nc1-c1ccc(F)cc1OCc1cc(F)ccc1F. The van der Waals surface area contributed by atoms with Gasteiger partial charge in [-0.2, -0.15) is 10.2 Å². The Bertz CT molecular complexity index is 1070. The number of rotatable bonds is 4. The maximum absolute atomic E-state index is 13.8. The summed E-state index contributed by atoms with van der Waals surface area (Å²) in [6, 6.07) is 8.22. The number of halogens is 3. The number of anilines is 2. The minimum absolute atomic E-state index is 0.0391. The van der Waals surface area contributed by atoms with Crippen LogP contribution in [0.1, 0.15) is 11.1 Å². The van der Waals surface area contributed by atoms with Gasteiger partial charge in [-0.3, -0.25) is 0 Å². The normalized spacial score (nSPS) is 10.4. The molecule has 2 aromatic carbocycles. The van der Waals surface area contributed by atoms with Gasteiger partial charge in [-0.05, 0) is 30.3 Å². The van der Waals surface area contributed by atoms with Crippen molar-refractivity contribution in [3.8, 4) is 23.1 Å².